The lowest BCUT2D eigenvalue weighted by Gasteiger charge is -2.29. The second-order valence-corrected chi connectivity index (χ2v) is 3.54. The number of aryl methyl sites for hydroxylation is 1. The summed E-state index contributed by atoms with van der Waals surface area (Å²) in [6.45, 7) is 1.78. The van der Waals surface area contributed by atoms with Crippen molar-refractivity contribution in [1.82, 2.24) is 0 Å². The maximum Gasteiger partial charge on any atom is 0.210 e. The van der Waals surface area contributed by atoms with Crippen molar-refractivity contribution in [2.75, 3.05) is 0 Å². The van der Waals surface area contributed by atoms with E-state index >= 15 is 0 Å². The molecule has 1 rings (SSSR count). The third-order valence-corrected chi connectivity index (χ3v) is 2.23. The van der Waals surface area contributed by atoms with E-state index in [4.69, 9.17) is 15.9 Å². The Bertz CT molecular complexity index is 338. The smallest absolute Gasteiger partial charge is 0.210 e. The standard InChI is InChI=1S/C10H15NO4/c1-6-3-2-4-7(5-6)10(14,15)8(11)9(12)13/h2-5,8-9,12-15H,11H2,1H3. The highest BCUT2D eigenvalue weighted by atomic mass is 16.5. The van der Waals surface area contributed by atoms with Gasteiger partial charge in [-0.1, -0.05) is 29.8 Å². The molecule has 0 saturated heterocycles. The normalized spacial score (nSPS) is 14.3. The van der Waals surface area contributed by atoms with Crippen LogP contribution in [0.2, 0.25) is 0 Å². The molecule has 0 amide bonds. The van der Waals surface area contributed by atoms with Crippen molar-refractivity contribution < 1.29 is 20.4 Å². The summed E-state index contributed by atoms with van der Waals surface area (Å²) in [5.41, 5.74) is 6.22. The number of rotatable bonds is 3. The molecule has 5 heteroatoms. The number of aliphatic hydroxyl groups is 4. The van der Waals surface area contributed by atoms with Crippen LogP contribution in [-0.4, -0.2) is 32.8 Å². The number of hydrogen-bond acceptors (Lipinski definition) is 5. The van der Waals surface area contributed by atoms with Gasteiger partial charge in [0.25, 0.3) is 0 Å². The average Bonchev–Trinajstić information content (AvgIpc) is 2.16. The lowest BCUT2D eigenvalue weighted by Crippen LogP contribution is -2.52. The van der Waals surface area contributed by atoms with Crippen molar-refractivity contribution >= 4 is 0 Å². The summed E-state index contributed by atoms with van der Waals surface area (Å²) in [4.78, 5) is 0. The summed E-state index contributed by atoms with van der Waals surface area (Å²) >= 11 is 0. The summed E-state index contributed by atoms with van der Waals surface area (Å²) in [5.74, 6) is -2.46. The largest absolute Gasteiger partial charge is 0.367 e. The molecule has 15 heavy (non-hydrogen) atoms. The van der Waals surface area contributed by atoms with E-state index in [-0.39, 0.29) is 5.56 Å². The molecule has 0 heterocycles. The van der Waals surface area contributed by atoms with E-state index in [1.807, 2.05) is 0 Å². The van der Waals surface area contributed by atoms with Gasteiger partial charge < -0.3 is 26.2 Å². The monoisotopic (exact) mass is 213 g/mol. The van der Waals surface area contributed by atoms with Gasteiger partial charge in [-0.05, 0) is 6.92 Å². The molecule has 0 spiro atoms. The van der Waals surface area contributed by atoms with Gasteiger partial charge >= 0.3 is 0 Å². The quantitative estimate of drug-likeness (QED) is 0.404. The average molecular weight is 213 g/mol. The van der Waals surface area contributed by atoms with E-state index in [1.54, 1.807) is 19.1 Å². The Morgan fingerprint density at radius 2 is 1.87 bits per heavy atom. The van der Waals surface area contributed by atoms with Crippen LogP contribution in [0.15, 0.2) is 24.3 Å². The molecule has 84 valence electrons. The Hall–Kier alpha value is -0.980. The van der Waals surface area contributed by atoms with Crippen LogP contribution in [0.3, 0.4) is 0 Å². The molecule has 5 nitrogen and oxygen atoms in total. The van der Waals surface area contributed by atoms with Crippen LogP contribution in [0.5, 0.6) is 0 Å². The molecule has 0 aliphatic heterocycles. The Morgan fingerprint density at radius 3 is 2.33 bits per heavy atom. The molecule has 0 bridgehead atoms. The van der Waals surface area contributed by atoms with E-state index in [0.29, 0.717) is 0 Å². The maximum absolute atomic E-state index is 9.66. The first kappa shape index (κ1) is 12.1. The number of hydrogen-bond donors (Lipinski definition) is 5. The predicted molar refractivity (Wildman–Crippen MR) is 53.5 cm³/mol. The first-order valence-corrected chi connectivity index (χ1v) is 4.49. The fourth-order valence-corrected chi connectivity index (χ4v) is 1.27. The van der Waals surface area contributed by atoms with Crippen LogP contribution in [0.4, 0.5) is 0 Å². The van der Waals surface area contributed by atoms with Crippen LogP contribution in [0.1, 0.15) is 11.1 Å². The molecule has 6 N–H and O–H groups in total. The van der Waals surface area contributed by atoms with E-state index in [9.17, 15) is 10.2 Å². The minimum Gasteiger partial charge on any atom is -0.367 e. The molecular formula is C10H15NO4. The van der Waals surface area contributed by atoms with Gasteiger partial charge in [0, 0.05) is 5.56 Å². The topological polar surface area (TPSA) is 107 Å². The van der Waals surface area contributed by atoms with Crippen LogP contribution in [0, 0.1) is 6.92 Å². The molecular weight excluding hydrogens is 198 g/mol. The fraction of sp³-hybridized carbons (Fsp3) is 0.400. The van der Waals surface area contributed by atoms with E-state index in [2.05, 4.69) is 0 Å². The van der Waals surface area contributed by atoms with E-state index in [0.717, 1.165) is 5.56 Å². The second kappa shape index (κ2) is 4.26. The predicted octanol–water partition coefficient (Wildman–Crippen LogP) is -1.23. The fourth-order valence-electron chi connectivity index (χ4n) is 1.27. The van der Waals surface area contributed by atoms with E-state index < -0.39 is 18.1 Å². The molecule has 1 aromatic rings. The summed E-state index contributed by atoms with van der Waals surface area (Å²) in [6, 6.07) is 4.79. The molecule has 0 radical (unpaired) electrons. The Morgan fingerprint density at radius 1 is 1.27 bits per heavy atom. The second-order valence-electron chi connectivity index (χ2n) is 3.54. The highest BCUT2D eigenvalue weighted by molar-refractivity contribution is 5.26. The summed E-state index contributed by atoms with van der Waals surface area (Å²) < 4.78 is 0. The van der Waals surface area contributed by atoms with Crippen molar-refractivity contribution in [2.24, 2.45) is 5.73 Å². The molecule has 0 aliphatic carbocycles. The van der Waals surface area contributed by atoms with Gasteiger partial charge in [0.1, 0.15) is 6.04 Å². The summed E-state index contributed by atoms with van der Waals surface area (Å²) in [7, 11) is 0. The van der Waals surface area contributed by atoms with Crippen molar-refractivity contribution in [3.05, 3.63) is 35.4 Å². The van der Waals surface area contributed by atoms with Gasteiger partial charge in [0.15, 0.2) is 6.29 Å². The van der Waals surface area contributed by atoms with Crippen LogP contribution >= 0.6 is 0 Å². The Balaban J connectivity index is 3.05. The van der Waals surface area contributed by atoms with Gasteiger partial charge in [-0.25, -0.2) is 0 Å². The lowest BCUT2D eigenvalue weighted by atomic mass is 9.97. The maximum atomic E-state index is 9.66. The zero-order valence-corrected chi connectivity index (χ0v) is 8.33. The van der Waals surface area contributed by atoms with E-state index in [1.165, 1.54) is 12.1 Å². The first-order valence-electron chi connectivity index (χ1n) is 4.49. The van der Waals surface area contributed by atoms with Crippen LogP contribution < -0.4 is 5.73 Å². The third kappa shape index (κ3) is 2.53. The highest BCUT2D eigenvalue weighted by Crippen LogP contribution is 2.22. The number of benzene rings is 1. The van der Waals surface area contributed by atoms with Gasteiger partial charge in [0.05, 0.1) is 0 Å². The molecule has 1 aromatic carbocycles. The van der Waals surface area contributed by atoms with Crippen molar-refractivity contribution in [3.63, 3.8) is 0 Å². The van der Waals surface area contributed by atoms with Gasteiger partial charge in [-0.2, -0.15) is 0 Å². The number of aliphatic hydroxyl groups excluding tert-OH is 1. The molecule has 1 unspecified atom stereocenters. The van der Waals surface area contributed by atoms with Crippen LogP contribution in [0.25, 0.3) is 0 Å². The van der Waals surface area contributed by atoms with Crippen LogP contribution in [-0.2, 0) is 5.79 Å². The highest BCUT2D eigenvalue weighted by Gasteiger charge is 2.37. The van der Waals surface area contributed by atoms with Crippen molar-refractivity contribution in [1.29, 1.82) is 0 Å². The Kier molecular flexibility index (Phi) is 3.43. The lowest BCUT2D eigenvalue weighted by molar-refractivity contribution is -0.230. The van der Waals surface area contributed by atoms with Gasteiger partial charge in [-0.3, -0.25) is 0 Å². The molecule has 1 atom stereocenters. The SMILES string of the molecule is Cc1cccc(C(O)(O)C(N)C(O)O)c1. The zero-order valence-electron chi connectivity index (χ0n) is 8.33. The van der Waals surface area contributed by atoms with Gasteiger partial charge in [-0.15, -0.1) is 0 Å². The molecule has 0 aromatic heterocycles. The molecule has 0 aliphatic rings. The summed E-state index contributed by atoms with van der Waals surface area (Å²) in [5, 5.41) is 36.9. The first-order chi connectivity index (χ1) is 6.85. The minimum atomic E-state index is -2.46. The van der Waals surface area contributed by atoms with Crippen molar-refractivity contribution in [3.8, 4) is 0 Å². The Labute approximate surface area is 87.4 Å². The van der Waals surface area contributed by atoms with Gasteiger partial charge in [0.2, 0.25) is 5.79 Å². The zero-order chi connectivity index (χ0) is 11.6. The van der Waals surface area contributed by atoms with Crippen molar-refractivity contribution in [2.45, 2.75) is 25.0 Å². The molecule has 0 saturated carbocycles. The third-order valence-electron chi connectivity index (χ3n) is 2.23. The number of nitrogens with two attached hydrogens (primary N) is 1. The summed E-state index contributed by atoms with van der Waals surface area (Å²) in [6.07, 6.45) is -2.00. The minimum absolute atomic E-state index is 0.128. The molecule has 0 fully saturated rings.